The van der Waals surface area contributed by atoms with Crippen LogP contribution in [0.25, 0.3) is 0 Å². The molecule has 86 valence electrons. The van der Waals surface area contributed by atoms with E-state index < -0.39 is 12.1 Å². The third kappa shape index (κ3) is 2.84. The van der Waals surface area contributed by atoms with Gasteiger partial charge >= 0.3 is 6.09 Å². The van der Waals surface area contributed by atoms with Gasteiger partial charge in [0.25, 0.3) is 0 Å². The summed E-state index contributed by atoms with van der Waals surface area (Å²) in [4.78, 5) is 23.8. The summed E-state index contributed by atoms with van der Waals surface area (Å²) in [5.74, 6) is 0.236. The molecule has 1 unspecified atom stereocenters. The molecule has 5 nitrogen and oxygen atoms in total. The molecule has 0 aliphatic carbocycles. The smallest absolute Gasteiger partial charge is 0.407 e. The van der Waals surface area contributed by atoms with Crippen molar-refractivity contribution >= 4 is 12.0 Å². The first-order valence-corrected chi connectivity index (χ1v) is 5.33. The molecule has 1 heterocycles. The van der Waals surface area contributed by atoms with Crippen molar-refractivity contribution in [1.82, 2.24) is 10.2 Å². The number of nitrogens with zero attached hydrogens (tertiary/aromatic N) is 1. The van der Waals surface area contributed by atoms with Crippen molar-refractivity contribution in [1.29, 1.82) is 0 Å². The van der Waals surface area contributed by atoms with Crippen LogP contribution in [0.1, 0.15) is 26.7 Å². The van der Waals surface area contributed by atoms with Crippen LogP contribution in [0, 0.1) is 5.92 Å². The third-order valence-electron chi connectivity index (χ3n) is 2.76. The molecular weight excluding hydrogens is 196 g/mol. The molecular formula is C10H18N2O3. The Balaban J connectivity index is 2.69. The average molecular weight is 214 g/mol. The molecule has 0 spiro atoms. The van der Waals surface area contributed by atoms with Crippen molar-refractivity contribution < 1.29 is 14.7 Å². The molecule has 1 aliphatic rings. The molecule has 1 aliphatic heterocycles. The van der Waals surface area contributed by atoms with E-state index in [9.17, 15) is 9.59 Å². The zero-order valence-electron chi connectivity index (χ0n) is 9.19. The number of piperidine rings is 1. The highest BCUT2D eigenvalue weighted by molar-refractivity contribution is 5.85. The highest BCUT2D eigenvalue weighted by Gasteiger charge is 2.34. The third-order valence-corrected chi connectivity index (χ3v) is 2.76. The van der Waals surface area contributed by atoms with Crippen LogP contribution >= 0.6 is 0 Å². The first-order valence-electron chi connectivity index (χ1n) is 5.33. The second-order valence-electron chi connectivity index (χ2n) is 4.02. The molecule has 1 saturated heterocycles. The summed E-state index contributed by atoms with van der Waals surface area (Å²) in [6.07, 6.45) is 0.457. The Morgan fingerprint density at radius 1 is 1.53 bits per heavy atom. The number of likely N-dealkylation sites (tertiary alicyclic amines) is 1. The number of likely N-dealkylation sites (N-methyl/N-ethyl adjacent to an activating group) is 1. The van der Waals surface area contributed by atoms with E-state index in [-0.39, 0.29) is 5.91 Å². The van der Waals surface area contributed by atoms with Gasteiger partial charge in [-0.25, -0.2) is 4.79 Å². The molecule has 0 aromatic rings. The van der Waals surface area contributed by atoms with Crippen molar-refractivity contribution in [3.05, 3.63) is 0 Å². The molecule has 0 radical (unpaired) electrons. The van der Waals surface area contributed by atoms with Crippen molar-refractivity contribution in [3.63, 3.8) is 0 Å². The van der Waals surface area contributed by atoms with Gasteiger partial charge in [-0.15, -0.1) is 0 Å². The van der Waals surface area contributed by atoms with Gasteiger partial charge in [0, 0.05) is 13.1 Å². The fourth-order valence-electron chi connectivity index (χ4n) is 1.91. The maximum absolute atomic E-state index is 11.6. The Bertz CT molecular complexity index is 255. The molecule has 1 fully saturated rings. The van der Waals surface area contributed by atoms with Crippen molar-refractivity contribution in [2.75, 3.05) is 13.1 Å². The van der Waals surface area contributed by atoms with Gasteiger partial charge < -0.3 is 10.4 Å². The van der Waals surface area contributed by atoms with Gasteiger partial charge in [-0.1, -0.05) is 6.92 Å². The molecule has 2 amide bonds. The number of rotatable bonds is 2. The maximum Gasteiger partial charge on any atom is 0.407 e. The summed E-state index contributed by atoms with van der Waals surface area (Å²) in [6, 6.07) is -0.508. The number of carboxylic acid groups (broad SMARTS) is 1. The van der Waals surface area contributed by atoms with Crippen LogP contribution in [0.15, 0.2) is 0 Å². The van der Waals surface area contributed by atoms with Crippen LogP contribution in [-0.4, -0.2) is 41.1 Å². The lowest BCUT2D eigenvalue weighted by Crippen LogP contribution is -2.52. The first kappa shape index (κ1) is 11.8. The second-order valence-corrected chi connectivity index (χ2v) is 4.02. The second kappa shape index (κ2) is 5.00. The standard InChI is InChI=1S/C10H18N2O3/c1-3-11-9(13)8-6-7(2)4-5-12(8)10(14)15/h7-8H,3-6H2,1-2H3,(H,11,13)(H,14,15)/t7?,8-/m1/s1. The van der Waals surface area contributed by atoms with Gasteiger partial charge in [0.05, 0.1) is 0 Å². The van der Waals surface area contributed by atoms with Gasteiger partial charge in [-0.2, -0.15) is 0 Å². The largest absolute Gasteiger partial charge is 0.465 e. The molecule has 15 heavy (non-hydrogen) atoms. The van der Waals surface area contributed by atoms with Crippen molar-refractivity contribution in [3.8, 4) is 0 Å². The minimum atomic E-state index is -1.00. The van der Waals surface area contributed by atoms with Gasteiger partial charge in [0.15, 0.2) is 0 Å². The van der Waals surface area contributed by atoms with Gasteiger partial charge in [0.2, 0.25) is 5.91 Å². The molecule has 1 rings (SSSR count). The molecule has 0 saturated carbocycles. The lowest BCUT2D eigenvalue weighted by molar-refractivity contribution is -0.127. The van der Waals surface area contributed by atoms with Gasteiger partial charge in [-0.05, 0) is 25.7 Å². The maximum atomic E-state index is 11.6. The summed E-state index contributed by atoms with van der Waals surface area (Å²) in [7, 11) is 0. The Kier molecular flexibility index (Phi) is 3.94. The molecule has 5 heteroatoms. The van der Waals surface area contributed by atoms with Crippen LogP contribution in [-0.2, 0) is 4.79 Å². The van der Waals surface area contributed by atoms with E-state index >= 15 is 0 Å². The number of hydrogen-bond acceptors (Lipinski definition) is 2. The summed E-state index contributed by atoms with van der Waals surface area (Å²) >= 11 is 0. The van der Waals surface area contributed by atoms with Crippen molar-refractivity contribution in [2.45, 2.75) is 32.7 Å². The average Bonchev–Trinajstić information content (AvgIpc) is 2.17. The highest BCUT2D eigenvalue weighted by atomic mass is 16.4. The normalized spacial score (nSPS) is 26.1. The Hall–Kier alpha value is -1.26. The minimum absolute atomic E-state index is 0.175. The predicted octanol–water partition coefficient (Wildman–Crippen LogP) is 0.901. The molecule has 2 atom stereocenters. The van der Waals surface area contributed by atoms with E-state index in [1.807, 2.05) is 13.8 Å². The molecule has 0 aromatic carbocycles. The number of carbonyl (C=O) groups excluding carboxylic acids is 1. The van der Waals surface area contributed by atoms with E-state index in [0.717, 1.165) is 6.42 Å². The number of amides is 2. The summed E-state index contributed by atoms with van der Waals surface area (Å²) in [5, 5.41) is 11.6. The van der Waals surface area contributed by atoms with Gasteiger partial charge in [-0.3, -0.25) is 9.69 Å². The predicted molar refractivity (Wildman–Crippen MR) is 55.6 cm³/mol. The Labute approximate surface area is 89.4 Å². The van der Waals surface area contributed by atoms with Crippen molar-refractivity contribution in [2.24, 2.45) is 5.92 Å². The molecule has 2 N–H and O–H groups in total. The van der Waals surface area contributed by atoms with Crippen LogP contribution in [0.5, 0.6) is 0 Å². The lowest BCUT2D eigenvalue weighted by Gasteiger charge is -2.35. The van der Waals surface area contributed by atoms with Crippen LogP contribution in [0.2, 0.25) is 0 Å². The topological polar surface area (TPSA) is 69.6 Å². The molecule has 0 aromatic heterocycles. The van der Waals surface area contributed by atoms with E-state index in [4.69, 9.17) is 5.11 Å². The fourth-order valence-corrected chi connectivity index (χ4v) is 1.91. The summed E-state index contributed by atoms with van der Waals surface area (Å²) in [6.45, 7) is 4.87. The summed E-state index contributed by atoms with van der Waals surface area (Å²) in [5.41, 5.74) is 0. The zero-order chi connectivity index (χ0) is 11.4. The lowest BCUT2D eigenvalue weighted by atomic mass is 9.92. The Morgan fingerprint density at radius 3 is 2.73 bits per heavy atom. The first-order chi connectivity index (χ1) is 7.06. The van der Waals surface area contributed by atoms with Gasteiger partial charge in [0.1, 0.15) is 6.04 Å². The highest BCUT2D eigenvalue weighted by Crippen LogP contribution is 2.22. The van der Waals surface area contributed by atoms with E-state index in [0.29, 0.717) is 25.4 Å². The Morgan fingerprint density at radius 2 is 2.20 bits per heavy atom. The fraction of sp³-hybridized carbons (Fsp3) is 0.800. The van der Waals surface area contributed by atoms with Crippen LogP contribution in [0.4, 0.5) is 4.79 Å². The molecule has 0 bridgehead atoms. The number of nitrogens with one attached hydrogen (secondary N) is 1. The summed E-state index contributed by atoms with van der Waals surface area (Å²) < 4.78 is 0. The van der Waals surface area contributed by atoms with E-state index in [1.165, 1.54) is 4.90 Å². The van der Waals surface area contributed by atoms with E-state index in [2.05, 4.69) is 5.32 Å². The number of hydrogen-bond donors (Lipinski definition) is 2. The SMILES string of the molecule is CCNC(=O)[C@H]1CC(C)CCN1C(=O)O. The quantitative estimate of drug-likeness (QED) is 0.717. The zero-order valence-corrected chi connectivity index (χ0v) is 9.19. The van der Waals surface area contributed by atoms with E-state index in [1.54, 1.807) is 0 Å². The number of carbonyl (C=O) groups is 2. The van der Waals surface area contributed by atoms with Crippen LogP contribution < -0.4 is 5.32 Å². The minimum Gasteiger partial charge on any atom is -0.465 e. The van der Waals surface area contributed by atoms with Crippen LogP contribution in [0.3, 0.4) is 0 Å². The monoisotopic (exact) mass is 214 g/mol.